The molecule has 2 bridgehead atoms. The summed E-state index contributed by atoms with van der Waals surface area (Å²) in [4.78, 5) is 21.4. The molecule has 0 radical (unpaired) electrons. The molecule has 0 saturated heterocycles. The minimum Gasteiger partial charge on any atom is -0.406 e. The maximum absolute atomic E-state index is 10.9. The quantitative estimate of drug-likeness (QED) is 0.760. The van der Waals surface area contributed by atoms with Crippen molar-refractivity contribution in [3.05, 3.63) is 59.7 Å². The lowest BCUT2D eigenvalue weighted by atomic mass is 9.94. The van der Waals surface area contributed by atoms with E-state index in [0.717, 1.165) is 0 Å². The minimum atomic E-state index is -0.969. The molecule has 3 N–H and O–H groups in total. The third-order valence-electron chi connectivity index (χ3n) is 2.87. The molecule has 2 aliphatic rings. The number of fused-ring (bicyclic) bond motifs is 2. The lowest BCUT2D eigenvalue weighted by Crippen LogP contribution is -2.23. The van der Waals surface area contributed by atoms with Crippen LogP contribution in [0.5, 0.6) is 11.5 Å². The molecule has 6 heteroatoms. The van der Waals surface area contributed by atoms with Crippen LogP contribution >= 0.6 is 0 Å². The number of primary amides is 1. The number of benzene rings is 2. The van der Waals surface area contributed by atoms with Gasteiger partial charge in [0.1, 0.15) is 0 Å². The zero-order chi connectivity index (χ0) is 15.9. The van der Waals surface area contributed by atoms with Gasteiger partial charge in [-0.25, -0.2) is 9.59 Å². The highest BCUT2D eigenvalue weighted by molar-refractivity contribution is 5.73. The van der Waals surface area contributed by atoms with Crippen LogP contribution in [0.4, 0.5) is 9.59 Å². The summed E-state index contributed by atoms with van der Waals surface area (Å²) in [5, 5.41) is 2.26. The van der Waals surface area contributed by atoms with Crippen LogP contribution in [0.15, 0.2) is 48.5 Å². The fourth-order valence-electron chi connectivity index (χ4n) is 1.83. The maximum Gasteiger partial charge on any atom is 0.412 e. The molecule has 2 amide bonds. The van der Waals surface area contributed by atoms with Crippen molar-refractivity contribution < 1.29 is 19.1 Å². The van der Waals surface area contributed by atoms with Crippen LogP contribution in [-0.2, 0) is 6.42 Å². The number of ether oxygens (including phenoxy) is 2. The highest BCUT2D eigenvalue weighted by Crippen LogP contribution is 2.26. The van der Waals surface area contributed by atoms with Crippen LogP contribution in [0.1, 0.15) is 11.1 Å². The second-order valence-corrected chi connectivity index (χ2v) is 4.50. The van der Waals surface area contributed by atoms with Gasteiger partial charge in [-0.1, -0.05) is 36.4 Å². The zero-order valence-electron chi connectivity index (χ0n) is 12.0. The van der Waals surface area contributed by atoms with Crippen molar-refractivity contribution in [3.63, 3.8) is 0 Å². The summed E-state index contributed by atoms with van der Waals surface area (Å²) in [6, 6.07) is 14.8. The number of hydrogen-bond acceptors (Lipinski definition) is 4. The van der Waals surface area contributed by atoms with Gasteiger partial charge in [-0.3, -0.25) is 0 Å². The van der Waals surface area contributed by atoms with Crippen LogP contribution < -0.4 is 20.5 Å². The van der Waals surface area contributed by atoms with Gasteiger partial charge in [0, 0.05) is 7.05 Å². The van der Waals surface area contributed by atoms with Gasteiger partial charge in [0.05, 0.1) is 0 Å². The highest BCUT2D eigenvalue weighted by atomic mass is 16.6. The van der Waals surface area contributed by atoms with Crippen molar-refractivity contribution in [2.45, 2.75) is 6.42 Å². The standard InChI is InChI=1S/C9H10N2O4.C7H6/c1-11-9(13)15-7-5-3-2-4-6(7)14-8(10)12;1-2-6-4-7(3-1)5-6/h2-5H,1H3,(H2,10,12)(H,11,13);1-4H,5H2. The Morgan fingerprint density at radius 3 is 1.91 bits per heavy atom. The molecule has 2 aromatic carbocycles. The van der Waals surface area contributed by atoms with E-state index in [4.69, 9.17) is 10.5 Å². The summed E-state index contributed by atoms with van der Waals surface area (Å²) in [7, 11) is 1.42. The van der Waals surface area contributed by atoms with Gasteiger partial charge >= 0.3 is 12.2 Å². The summed E-state index contributed by atoms with van der Waals surface area (Å²) < 4.78 is 9.44. The Morgan fingerprint density at radius 1 is 1.00 bits per heavy atom. The molecular weight excluding hydrogens is 284 g/mol. The van der Waals surface area contributed by atoms with Gasteiger partial charge in [0.25, 0.3) is 0 Å². The van der Waals surface area contributed by atoms with Crippen molar-refractivity contribution in [2.24, 2.45) is 5.73 Å². The number of amides is 2. The van der Waals surface area contributed by atoms with E-state index < -0.39 is 12.2 Å². The second-order valence-electron chi connectivity index (χ2n) is 4.50. The Balaban J connectivity index is 0.000000205. The van der Waals surface area contributed by atoms with Crippen LogP contribution in [-0.4, -0.2) is 19.2 Å². The Bertz CT molecular complexity index is 661. The molecular formula is C16H16N2O4. The van der Waals surface area contributed by atoms with E-state index in [0.29, 0.717) is 0 Å². The maximum atomic E-state index is 10.9. The smallest absolute Gasteiger partial charge is 0.406 e. The van der Waals surface area contributed by atoms with Crippen molar-refractivity contribution in [2.75, 3.05) is 7.05 Å². The number of nitrogens with two attached hydrogens (primary N) is 1. The van der Waals surface area contributed by atoms with E-state index in [-0.39, 0.29) is 11.5 Å². The van der Waals surface area contributed by atoms with Gasteiger partial charge < -0.3 is 20.5 Å². The Morgan fingerprint density at radius 2 is 1.55 bits per heavy atom. The average Bonchev–Trinajstić information content (AvgIpc) is 2.49. The number of carbonyl (C=O) groups is 2. The molecule has 0 aliphatic heterocycles. The molecule has 0 aromatic heterocycles. The van der Waals surface area contributed by atoms with Crippen molar-refractivity contribution in [1.29, 1.82) is 0 Å². The van der Waals surface area contributed by atoms with E-state index in [1.165, 1.54) is 36.7 Å². The fraction of sp³-hybridized carbons (Fsp3) is 0.125. The number of para-hydroxylation sites is 2. The molecule has 0 saturated carbocycles. The third kappa shape index (κ3) is 4.24. The molecule has 4 rings (SSSR count). The normalized spacial score (nSPS) is 10.4. The van der Waals surface area contributed by atoms with Crippen LogP contribution in [0.2, 0.25) is 0 Å². The number of carbonyl (C=O) groups excluding carboxylic acids is 2. The van der Waals surface area contributed by atoms with Crippen LogP contribution in [0.3, 0.4) is 0 Å². The molecule has 0 heterocycles. The number of nitrogens with one attached hydrogen (secondary N) is 1. The zero-order valence-corrected chi connectivity index (χ0v) is 12.0. The Kier molecular flexibility index (Phi) is 4.98. The van der Waals surface area contributed by atoms with Gasteiger partial charge in [-0.05, 0) is 29.7 Å². The molecule has 114 valence electrons. The van der Waals surface area contributed by atoms with E-state index in [1.54, 1.807) is 12.1 Å². The molecule has 2 aromatic rings. The lowest BCUT2D eigenvalue weighted by Gasteiger charge is -2.11. The first kappa shape index (κ1) is 15.4. The third-order valence-corrected chi connectivity index (χ3v) is 2.87. The van der Waals surface area contributed by atoms with Crippen molar-refractivity contribution in [3.8, 4) is 11.5 Å². The molecule has 2 aliphatic carbocycles. The Hall–Kier alpha value is -3.02. The molecule has 6 nitrogen and oxygen atoms in total. The molecule has 0 spiro atoms. The van der Waals surface area contributed by atoms with Crippen molar-refractivity contribution >= 4 is 12.2 Å². The summed E-state index contributed by atoms with van der Waals surface area (Å²) in [6.45, 7) is 0. The summed E-state index contributed by atoms with van der Waals surface area (Å²) >= 11 is 0. The summed E-state index contributed by atoms with van der Waals surface area (Å²) in [5.41, 5.74) is 7.81. The number of hydrogen-bond donors (Lipinski definition) is 2. The van der Waals surface area contributed by atoms with E-state index in [1.807, 2.05) is 0 Å². The highest BCUT2D eigenvalue weighted by Gasteiger charge is 2.10. The minimum absolute atomic E-state index is 0.0913. The lowest BCUT2D eigenvalue weighted by molar-refractivity contribution is 0.195. The first-order valence-corrected chi connectivity index (χ1v) is 6.62. The topological polar surface area (TPSA) is 90.7 Å². The first-order valence-electron chi connectivity index (χ1n) is 6.62. The van der Waals surface area contributed by atoms with E-state index in [2.05, 4.69) is 34.3 Å². The Labute approximate surface area is 127 Å². The summed E-state index contributed by atoms with van der Waals surface area (Å²) in [6.07, 6.45) is -0.408. The molecule has 0 atom stereocenters. The second kappa shape index (κ2) is 7.12. The molecule has 22 heavy (non-hydrogen) atoms. The average molecular weight is 300 g/mol. The molecule has 0 fully saturated rings. The fourth-order valence-corrected chi connectivity index (χ4v) is 1.83. The van der Waals surface area contributed by atoms with Crippen LogP contribution in [0.25, 0.3) is 0 Å². The largest absolute Gasteiger partial charge is 0.412 e. The first-order chi connectivity index (χ1) is 10.6. The van der Waals surface area contributed by atoms with Gasteiger partial charge in [0.15, 0.2) is 11.5 Å². The summed E-state index contributed by atoms with van der Waals surface area (Å²) in [5.74, 6) is 0.212. The van der Waals surface area contributed by atoms with Gasteiger partial charge in [0.2, 0.25) is 0 Å². The SMILES string of the molecule is CNC(=O)Oc1ccccc1OC(N)=O.c1cc2cc(c1)C2. The predicted molar refractivity (Wildman–Crippen MR) is 81.0 cm³/mol. The van der Waals surface area contributed by atoms with Crippen LogP contribution in [0, 0.1) is 0 Å². The van der Waals surface area contributed by atoms with Gasteiger partial charge in [-0.15, -0.1) is 0 Å². The monoisotopic (exact) mass is 300 g/mol. The van der Waals surface area contributed by atoms with E-state index in [9.17, 15) is 9.59 Å². The van der Waals surface area contributed by atoms with Crippen molar-refractivity contribution in [1.82, 2.24) is 5.32 Å². The molecule has 0 unspecified atom stereocenters. The predicted octanol–water partition coefficient (Wildman–Crippen LogP) is 2.45. The van der Waals surface area contributed by atoms with E-state index >= 15 is 0 Å². The van der Waals surface area contributed by atoms with Gasteiger partial charge in [-0.2, -0.15) is 0 Å². The number of rotatable bonds is 2.